The third kappa shape index (κ3) is 2.52. The first kappa shape index (κ1) is 11.4. The fourth-order valence-electron chi connectivity index (χ4n) is 3.12. The van der Waals surface area contributed by atoms with Crippen molar-refractivity contribution in [2.24, 2.45) is 5.92 Å². The average molecular weight is 211 g/mol. The van der Waals surface area contributed by atoms with Crippen LogP contribution in [0.5, 0.6) is 0 Å². The summed E-state index contributed by atoms with van der Waals surface area (Å²) in [5, 5.41) is 3.52. The Morgan fingerprint density at radius 3 is 2.60 bits per heavy atom. The summed E-state index contributed by atoms with van der Waals surface area (Å²) >= 11 is 0. The molecule has 0 bridgehead atoms. The summed E-state index contributed by atoms with van der Waals surface area (Å²) in [6.07, 6.45) is 1.32. The number of nitrogens with one attached hydrogen (secondary N) is 1. The van der Waals surface area contributed by atoms with Crippen molar-refractivity contribution in [3.8, 4) is 0 Å². The SMILES string of the molecule is CC1CNCC1N1CCCN(C)CC1C. The Bertz CT molecular complexity index is 207. The van der Waals surface area contributed by atoms with Gasteiger partial charge in [-0.05, 0) is 39.4 Å². The van der Waals surface area contributed by atoms with E-state index in [1.807, 2.05) is 0 Å². The summed E-state index contributed by atoms with van der Waals surface area (Å²) < 4.78 is 0. The van der Waals surface area contributed by atoms with E-state index in [0.29, 0.717) is 6.04 Å². The fourth-order valence-corrected chi connectivity index (χ4v) is 3.12. The van der Waals surface area contributed by atoms with Crippen LogP contribution in [0.4, 0.5) is 0 Å². The van der Waals surface area contributed by atoms with Crippen molar-refractivity contribution in [3.63, 3.8) is 0 Å². The predicted octanol–water partition coefficient (Wildman–Crippen LogP) is 0.620. The normalized spacial score (nSPS) is 40.6. The van der Waals surface area contributed by atoms with E-state index in [1.165, 1.54) is 39.1 Å². The molecule has 3 atom stereocenters. The van der Waals surface area contributed by atoms with Gasteiger partial charge in [-0.15, -0.1) is 0 Å². The number of nitrogens with zero attached hydrogens (tertiary/aromatic N) is 2. The van der Waals surface area contributed by atoms with E-state index in [2.05, 4.69) is 36.0 Å². The molecular weight excluding hydrogens is 186 g/mol. The van der Waals surface area contributed by atoms with Gasteiger partial charge >= 0.3 is 0 Å². The lowest BCUT2D eigenvalue weighted by Crippen LogP contribution is -2.47. The molecule has 3 unspecified atom stereocenters. The fraction of sp³-hybridized carbons (Fsp3) is 1.00. The highest BCUT2D eigenvalue weighted by molar-refractivity contribution is 4.90. The van der Waals surface area contributed by atoms with E-state index in [-0.39, 0.29) is 0 Å². The molecule has 0 aromatic carbocycles. The summed E-state index contributed by atoms with van der Waals surface area (Å²) in [6.45, 7) is 10.9. The van der Waals surface area contributed by atoms with Crippen LogP contribution in [-0.2, 0) is 0 Å². The Hall–Kier alpha value is -0.120. The van der Waals surface area contributed by atoms with Gasteiger partial charge in [-0.25, -0.2) is 0 Å². The highest BCUT2D eigenvalue weighted by Gasteiger charge is 2.32. The van der Waals surface area contributed by atoms with E-state index >= 15 is 0 Å². The van der Waals surface area contributed by atoms with E-state index < -0.39 is 0 Å². The maximum absolute atomic E-state index is 3.52. The Morgan fingerprint density at radius 2 is 1.93 bits per heavy atom. The molecule has 0 spiro atoms. The Balaban J connectivity index is 2.00. The quantitative estimate of drug-likeness (QED) is 0.686. The van der Waals surface area contributed by atoms with Gasteiger partial charge in [0.15, 0.2) is 0 Å². The van der Waals surface area contributed by atoms with Crippen LogP contribution in [0.1, 0.15) is 20.3 Å². The van der Waals surface area contributed by atoms with Crippen LogP contribution in [0.25, 0.3) is 0 Å². The Kier molecular flexibility index (Phi) is 3.65. The van der Waals surface area contributed by atoms with Gasteiger partial charge in [0.25, 0.3) is 0 Å². The molecule has 2 aliphatic rings. The van der Waals surface area contributed by atoms with Gasteiger partial charge in [0.05, 0.1) is 0 Å². The molecule has 2 heterocycles. The molecule has 2 saturated heterocycles. The zero-order valence-electron chi connectivity index (χ0n) is 10.4. The number of hydrogen-bond donors (Lipinski definition) is 1. The zero-order chi connectivity index (χ0) is 10.8. The zero-order valence-corrected chi connectivity index (χ0v) is 10.4. The minimum Gasteiger partial charge on any atom is -0.315 e. The van der Waals surface area contributed by atoms with Crippen molar-refractivity contribution in [1.82, 2.24) is 15.1 Å². The summed E-state index contributed by atoms with van der Waals surface area (Å²) in [5.41, 5.74) is 0. The van der Waals surface area contributed by atoms with Crippen molar-refractivity contribution in [2.45, 2.75) is 32.4 Å². The Morgan fingerprint density at radius 1 is 1.13 bits per heavy atom. The van der Waals surface area contributed by atoms with Crippen molar-refractivity contribution in [1.29, 1.82) is 0 Å². The molecule has 88 valence electrons. The first-order valence-corrected chi connectivity index (χ1v) is 6.33. The highest BCUT2D eigenvalue weighted by atomic mass is 15.3. The smallest absolute Gasteiger partial charge is 0.0261 e. The maximum Gasteiger partial charge on any atom is 0.0261 e. The lowest BCUT2D eigenvalue weighted by molar-refractivity contribution is 0.129. The van der Waals surface area contributed by atoms with Gasteiger partial charge in [-0.2, -0.15) is 0 Å². The van der Waals surface area contributed by atoms with Crippen LogP contribution in [0.3, 0.4) is 0 Å². The standard InChI is InChI=1S/C12H25N3/c1-10-7-13-8-12(10)15-6-4-5-14(3)9-11(15)2/h10-13H,4-9H2,1-3H3. The van der Waals surface area contributed by atoms with Crippen LogP contribution in [0, 0.1) is 5.92 Å². The second-order valence-electron chi connectivity index (χ2n) is 5.41. The van der Waals surface area contributed by atoms with Crippen LogP contribution in [0.2, 0.25) is 0 Å². The summed E-state index contributed by atoms with van der Waals surface area (Å²) in [5.74, 6) is 0.816. The predicted molar refractivity (Wildman–Crippen MR) is 64.1 cm³/mol. The maximum atomic E-state index is 3.52. The third-order valence-corrected chi connectivity index (χ3v) is 4.00. The third-order valence-electron chi connectivity index (χ3n) is 4.00. The monoisotopic (exact) mass is 211 g/mol. The first-order chi connectivity index (χ1) is 7.18. The molecule has 1 N–H and O–H groups in total. The molecule has 2 fully saturated rings. The molecule has 3 heteroatoms. The topological polar surface area (TPSA) is 18.5 Å². The lowest BCUT2D eigenvalue weighted by atomic mass is 10.0. The van der Waals surface area contributed by atoms with Crippen molar-refractivity contribution in [2.75, 3.05) is 39.8 Å². The second kappa shape index (κ2) is 4.81. The number of likely N-dealkylation sites (N-methyl/N-ethyl adjacent to an activating group) is 1. The molecule has 0 amide bonds. The molecule has 0 aliphatic carbocycles. The van der Waals surface area contributed by atoms with Gasteiger partial charge in [-0.3, -0.25) is 4.90 Å². The van der Waals surface area contributed by atoms with Gasteiger partial charge in [0, 0.05) is 31.7 Å². The van der Waals surface area contributed by atoms with Crippen LogP contribution >= 0.6 is 0 Å². The molecule has 0 aromatic rings. The van der Waals surface area contributed by atoms with Crippen molar-refractivity contribution in [3.05, 3.63) is 0 Å². The molecule has 15 heavy (non-hydrogen) atoms. The van der Waals surface area contributed by atoms with E-state index in [4.69, 9.17) is 0 Å². The number of hydrogen-bond acceptors (Lipinski definition) is 3. The van der Waals surface area contributed by atoms with Crippen molar-refractivity contribution < 1.29 is 0 Å². The molecule has 0 saturated carbocycles. The number of rotatable bonds is 1. The van der Waals surface area contributed by atoms with Crippen LogP contribution < -0.4 is 5.32 Å². The lowest BCUT2D eigenvalue weighted by Gasteiger charge is -2.35. The van der Waals surface area contributed by atoms with Crippen molar-refractivity contribution >= 4 is 0 Å². The minimum atomic E-state index is 0.713. The van der Waals surface area contributed by atoms with Crippen LogP contribution in [-0.4, -0.2) is 61.7 Å². The van der Waals surface area contributed by atoms with Gasteiger partial charge in [0.1, 0.15) is 0 Å². The van der Waals surface area contributed by atoms with Gasteiger partial charge < -0.3 is 10.2 Å². The van der Waals surface area contributed by atoms with Gasteiger partial charge in [-0.1, -0.05) is 6.92 Å². The minimum absolute atomic E-state index is 0.713. The summed E-state index contributed by atoms with van der Waals surface area (Å²) in [7, 11) is 2.25. The van der Waals surface area contributed by atoms with E-state index in [1.54, 1.807) is 0 Å². The molecule has 0 aromatic heterocycles. The molecular formula is C12H25N3. The average Bonchev–Trinajstić information content (AvgIpc) is 2.51. The first-order valence-electron chi connectivity index (χ1n) is 6.33. The summed E-state index contributed by atoms with van der Waals surface area (Å²) in [6, 6.07) is 1.48. The molecule has 2 rings (SSSR count). The van der Waals surface area contributed by atoms with Gasteiger partial charge in [0.2, 0.25) is 0 Å². The second-order valence-corrected chi connectivity index (χ2v) is 5.41. The van der Waals surface area contributed by atoms with E-state index in [0.717, 1.165) is 12.0 Å². The van der Waals surface area contributed by atoms with Crippen LogP contribution in [0.15, 0.2) is 0 Å². The molecule has 2 aliphatic heterocycles. The van der Waals surface area contributed by atoms with E-state index in [9.17, 15) is 0 Å². The largest absolute Gasteiger partial charge is 0.315 e. The Labute approximate surface area is 93.8 Å². The highest BCUT2D eigenvalue weighted by Crippen LogP contribution is 2.20. The molecule has 0 radical (unpaired) electrons. The summed E-state index contributed by atoms with van der Waals surface area (Å²) in [4.78, 5) is 5.20. The molecule has 3 nitrogen and oxygen atoms in total.